The van der Waals surface area contributed by atoms with Gasteiger partial charge in [0.05, 0.1) is 12.0 Å². The Morgan fingerprint density at radius 2 is 2.12 bits per heavy atom. The van der Waals surface area contributed by atoms with E-state index in [9.17, 15) is 4.79 Å². The van der Waals surface area contributed by atoms with E-state index in [2.05, 4.69) is 24.1 Å². The molecular weight excluding hydrogens is 216 g/mol. The van der Waals surface area contributed by atoms with Gasteiger partial charge in [-0.05, 0) is 6.92 Å². The maximum absolute atomic E-state index is 11.9. The molecule has 0 radical (unpaired) electrons. The minimum Gasteiger partial charge on any atom is -0.347 e. The van der Waals surface area contributed by atoms with Gasteiger partial charge in [-0.1, -0.05) is 13.8 Å². The lowest BCUT2D eigenvalue weighted by atomic mass is 10.2. The van der Waals surface area contributed by atoms with E-state index in [4.69, 9.17) is 0 Å². The Morgan fingerprint density at radius 1 is 1.47 bits per heavy atom. The second kappa shape index (κ2) is 5.82. The van der Waals surface area contributed by atoms with Crippen molar-refractivity contribution in [3.63, 3.8) is 0 Å². The second-order valence-electron chi connectivity index (χ2n) is 4.74. The number of nitrogens with one attached hydrogen (secondary N) is 1. The van der Waals surface area contributed by atoms with Gasteiger partial charge in [0, 0.05) is 32.9 Å². The number of carbonyl (C=O) groups is 1. The van der Waals surface area contributed by atoms with Gasteiger partial charge in [0.2, 0.25) is 5.91 Å². The van der Waals surface area contributed by atoms with Gasteiger partial charge in [0.15, 0.2) is 0 Å². The Bertz CT molecular complexity index is 370. The minimum absolute atomic E-state index is 0.0776. The first-order chi connectivity index (χ1) is 7.93. The van der Waals surface area contributed by atoms with Crippen molar-refractivity contribution in [2.24, 2.45) is 0 Å². The second-order valence-corrected chi connectivity index (χ2v) is 4.74. The Hall–Kier alpha value is -1.36. The molecule has 1 amide bonds. The SMILES string of the molecule is CC(C)NCc1cncn1C(C)C(=O)N(C)C. The monoisotopic (exact) mass is 238 g/mol. The van der Waals surface area contributed by atoms with Crippen molar-refractivity contribution >= 4 is 5.91 Å². The summed E-state index contributed by atoms with van der Waals surface area (Å²) in [4.78, 5) is 17.6. The first-order valence-electron chi connectivity index (χ1n) is 5.88. The highest BCUT2D eigenvalue weighted by molar-refractivity contribution is 5.79. The zero-order valence-corrected chi connectivity index (χ0v) is 11.3. The number of rotatable bonds is 5. The number of hydrogen-bond acceptors (Lipinski definition) is 3. The van der Waals surface area contributed by atoms with E-state index in [1.165, 1.54) is 0 Å². The van der Waals surface area contributed by atoms with Gasteiger partial charge in [0.25, 0.3) is 0 Å². The van der Waals surface area contributed by atoms with Crippen molar-refractivity contribution in [1.82, 2.24) is 19.8 Å². The quantitative estimate of drug-likeness (QED) is 0.833. The van der Waals surface area contributed by atoms with Crippen LogP contribution < -0.4 is 5.32 Å². The first kappa shape index (κ1) is 13.7. The van der Waals surface area contributed by atoms with Gasteiger partial charge in [-0.3, -0.25) is 4.79 Å². The molecule has 0 spiro atoms. The third kappa shape index (κ3) is 3.56. The summed E-state index contributed by atoms with van der Waals surface area (Å²) in [5.74, 6) is 0.0776. The number of amides is 1. The van der Waals surface area contributed by atoms with Crippen LogP contribution in [0.3, 0.4) is 0 Å². The zero-order valence-electron chi connectivity index (χ0n) is 11.3. The van der Waals surface area contributed by atoms with Crippen LogP contribution in [0.25, 0.3) is 0 Å². The van der Waals surface area contributed by atoms with Gasteiger partial charge in [-0.15, -0.1) is 0 Å². The van der Waals surface area contributed by atoms with Crippen LogP contribution in [0.4, 0.5) is 0 Å². The Morgan fingerprint density at radius 3 is 2.65 bits per heavy atom. The smallest absolute Gasteiger partial charge is 0.244 e. The molecule has 0 bridgehead atoms. The molecule has 0 aliphatic rings. The van der Waals surface area contributed by atoms with Crippen LogP contribution >= 0.6 is 0 Å². The van der Waals surface area contributed by atoms with E-state index in [0.717, 1.165) is 12.2 Å². The Balaban J connectivity index is 2.77. The summed E-state index contributed by atoms with van der Waals surface area (Å²) in [5, 5.41) is 3.33. The molecule has 1 atom stereocenters. The molecule has 1 N–H and O–H groups in total. The highest BCUT2D eigenvalue weighted by atomic mass is 16.2. The van der Waals surface area contributed by atoms with Crippen molar-refractivity contribution in [3.05, 3.63) is 18.2 Å². The molecule has 1 heterocycles. The fourth-order valence-electron chi connectivity index (χ4n) is 1.62. The first-order valence-corrected chi connectivity index (χ1v) is 5.88. The molecule has 1 aromatic heterocycles. The van der Waals surface area contributed by atoms with Gasteiger partial charge < -0.3 is 14.8 Å². The summed E-state index contributed by atoms with van der Waals surface area (Å²) < 4.78 is 1.91. The minimum atomic E-state index is -0.212. The lowest BCUT2D eigenvalue weighted by Gasteiger charge is -2.20. The molecule has 0 saturated carbocycles. The van der Waals surface area contributed by atoms with Crippen molar-refractivity contribution in [2.45, 2.75) is 39.4 Å². The van der Waals surface area contributed by atoms with Crippen LogP contribution in [-0.2, 0) is 11.3 Å². The predicted molar refractivity (Wildman–Crippen MR) is 67.6 cm³/mol. The third-order valence-corrected chi connectivity index (χ3v) is 2.65. The molecule has 0 fully saturated rings. The molecular formula is C12H22N4O. The van der Waals surface area contributed by atoms with E-state index < -0.39 is 0 Å². The average molecular weight is 238 g/mol. The van der Waals surface area contributed by atoms with Crippen LogP contribution in [0.5, 0.6) is 0 Å². The number of hydrogen-bond donors (Lipinski definition) is 1. The summed E-state index contributed by atoms with van der Waals surface area (Å²) in [5.41, 5.74) is 1.03. The molecule has 0 aromatic carbocycles. The number of imidazole rings is 1. The highest BCUT2D eigenvalue weighted by Gasteiger charge is 2.18. The van der Waals surface area contributed by atoms with E-state index in [-0.39, 0.29) is 11.9 Å². The maximum Gasteiger partial charge on any atom is 0.244 e. The standard InChI is InChI=1S/C12H22N4O/c1-9(2)14-7-11-6-13-8-16(11)10(3)12(17)15(4)5/h6,8-10,14H,7H2,1-5H3. The van der Waals surface area contributed by atoms with E-state index >= 15 is 0 Å². The molecule has 1 rings (SSSR count). The summed E-state index contributed by atoms with van der Waals surface area (Å²) >= 11 is 0. The fraction of sp³-hybridized carbons (Fsp3) is 0.667. The topological polar surface area (TPSA) is 50.2 Å². The number of aromatic nitrogens is 2. The molecule has 1 unspecified atom stereocenters. The normalized spacial score (nSPS) is 12.8. The van der Waals surface area contributed by atoms with Crippen LogP contribution in [-0.4, -0.2) is 40.5 Å². The van der Waals surface area contributed by atoms with Crippen LogP contribution in [0.1, 0.15) is 32.5 Å². The fourth-order valence-corrected chi connectivity index (χ4v) is 1.62. The number of carbonyl (C=O) groups excluding carboxylic acids is 1. The summed E-state index contributed by atoms with van der Waals surface area (Å²) in [6.45, 7) is 6.80. The maximum atomic E-state index is 11.9. The summed E-state index contributed by atoms with van der Waals surface area (Å²) in [7, 11) is 3.53. The predicted octanol–water partition coefficient (Wildman–Crippen LogP) is 1.03. The molecule has 1 aromatic rings. The van der Waals surface area contributed by atoms with Gasteiger partial charge in [-0.2, -0.15) is 0 Å². The lowest BCUT2D eigenvalue weighted by molar-refractivity contribution is -0.131. The molecule has 0 aliphatic heterocycles. The number of likely N-dealkylation sites (N-methyl/N-ethyl adjacent to an activating group) is 1. The molecule has 0 aliphatic carbocycles. The van der Waals surface area contributed by atoms with Gasteiger partial charge in [0.1, 0.15) is 6.04 Å². The average Bonchev–Trinajstić information content (AvgIpc) is 2.72. The van der Waals surface area contributed by atoms with Crippen LogP contribution in [0.15, 0.2) is 12.5 Å². The van der Waals surface area contributed by atoms with Crippen molar-refractivity contribution in [1.29, 1.82) is 0 Å². The van der Waals surface area contributed by atoms with E-state index in [1.807, 2.05) is 11.5 Å². The van der Waals surface area contributed by atoms with Crippen molar-refractivity contribution < 1.29 is 4.79 Å². The van der Waals surface area contributed by atoms with E-state index in [0.29, 0.717) is 6.04 Å². The van der Waals surface area contributed by atoms with Crippen molar-refractivity contribution in [3.8, 4) is 0 Å². The zero-order chi connectivity index (χ0) is 13.0. The van der Waals surface area contributed by atoms with Gasteiger partial charge >= 0.3 is 0 Å². The third-order valence-electron chi connectivity index (χ3n) is 2.65. The molecule has 5 heteroatoms. The van der Waals surface area contributed by atoms with Crippen LogP contribution in [0, 0.1) is 0 Å². The number of nitrogens with zero attached hydrogens (tertiary/aromatic N) is 3. The summed E-state index contributed by atoms with van der Waals surface area (Å²) in [6, 6.07) is 0.203. The molecule has 5 nitrogen and oxygen atoms in total. The van der Waals surface area contributed by atoms with Crippen LogP contribution in [0.2, 0.25) is 0 Å². The van der Waals surface area contributed by atoms with E-state index in [1.54, 1.807) is 31.5 Å². The largest absolute Gasteiger partial charge is 0.347 e. The lowest BCUT2D eigenvalue weighted by Crippen LogP contribution is -2.31. The Labute approximate surface area is 103 Å². The highest BCUT2D eigenvalue weighted by Crippen LogP contribution is 2.12. The van der Waals surface area contributed by atoms with Gasteiger partial charge in [-0.25, -0.2) is 4.98 Å². The van der Waals surface area contributed by atoms with Crippen molar-refractivity contribution in [2.75, 3.05) is 14.1 Å². The molecule has 0 saturated heterocycles. The molecule has 17 heavy (non-hydrogen) atoms. The summed E-state index contributed by atoms with van der Waals surface area (Å²) in [6.07, 6.45) is 3.51. The molecule has 96 valence electrons. The Kier molecular flexibility index (Phi) is 4.69.